The van der Waals surface area contributed by atoms with E-state index in [-0.39, 0.29) is 49.4 Å². The minimum Gasteiger partial charge on any atom is -0.394 e. The predicted octanol–water partition coefficient (Wildman–Crippen LogP) is 4.07. The Hall–Kier alpha value is -3.12. The molecule has 0 aliphatic carbocycles. The first-order valence-electron chi connectivity index (χ1n) is 15.9. The Bertz CT molecular complexity index is 1430. The number of fused-ring (bicyclic) bond motifs is 2. The van der Waals surface area contributed by atoms with Gasteiger partial charge in [0.25, 0.3) is 5.91 Å². The Morgan fingerprint density at radius 2 is 1.95 bits per heavy atom. The lowest BCUT2D eigenvalue weighted by Gasteiger charge is -2.31. The van der Waals surface area contributed by atoms with Gasteiger partial charge in [-0.05, 0) is 69.1 Å². The maximum atomic E-state index is 16.1. The average Bonchev–Trinajstić information content (AvgIpc) is 3.78. The predicted molar refractivity (Wildman–Crippen MR) is 168 cm³/mol. The zero-order valence-corrected chi connectivity index (χ0v) is 26.7. The maximum absolute atomic E-state index is 16.1. The zero-order valence-electron chi connectivity index (χ0n) is 25.7. The van der Waals surface area contributed by atoms with Gasteiger partial charge in [-0.2, -0.15) is 0 Å². The van der Waals surface area contributed by atoms with Crippen molar-refractivity contribution in [3.8, 4) is 0 Å². The van der Waals surface area contributed by atoms with Crippen molar-refractivity contribution in [2.24, 2.45) is 5.92 Å². The molecule has 3 amide bonds. The number of benzene rings is 2. The van der Waals surface area contributed by atoms with Crippen LogP contribution in [-0.2, 0) is 31.3 Å². The van der Waals surface area contributed by atoms with E-state index >= 15 is 4.11 Å². The first kappa shape index (κ1) is 30.9. The summed E-state index contributed by atoms with van der Waals surface area (Å²) >= 11 is 0. The molecule has 0 bridgehead atoms. The highest BCUT2D eigenvalue weighted by Crippen LogP contribution is 2.60. The monoisotopic (exact) mass is 622 g/mol. The van der Waals surface area contributed by atoms with Gasteiger partial charge in [-0.3, -0.25) is 14.4 Å². The van der Waals surface area contributed by atoms with Gasteiger partial charge in [-0.15, -0.1) is 0 Å². The van der Waals surface area contributed by atoms with Crippen molar-refractivity contribution in [2.45, 2.75) is 88.0 Å². The van der Waals surface area contributed by atoms with Crippen LogP contribution in [0.4, 0.5) is 15.5 Å². The number of carbonyl (C=O) groups is 3. The van der Waals surface area contributed by atoms with Gasteiger partial charge >= 0.3 is 0 Å². The molecule has 9 nitrogen and oxygen atoms in total. The van der Waals surface area contributed by atoms with E-state index in [1.165, 1.54) is 0 Å². The Morgan fingerprint density at radius 3 is 2.68 bits per heavy atom. The van der Waals surface area contributed by atoms with Crippen LogP contribution in [0.25, 0.3) is 0 Å². The van der Waals surface area contributed by atoms with Crippen LogP contribution in [0.2, 0.25) is 18.6 Å². The number of aliphatic hydroxyl groups excluding tert-OH is 1. The molecule has 3 fully saturated rings. The number of nitrogens with zero attached hydrogens (tertiary/aromatic N) is 2. The summed E-state index contributed by atoms with van der Waals surface area (Å²) < 4.78 is 22.9. The van der Waals surface area contributed by atoms with Crippen molar-refractivity contribution < 1.29 is 28.3 Å². The number of para-hydroxylation sites is 1. The second kappa shape index (κ2) is 12.0. The van der Waals surface area contributed by atoms with Crippen molar-refractivity contribution >= 4 is 37.5 Å². The summed E-state index contributed by atoms with van der Waals surface area (Å²) in [6.07, 6.45) is 2.54. The molecule has 4 aliphatic rings. The number of amides is 3. The SMILES string of the molecule is C[C@H]1[C@H]([Si](C)(C)F)[C@@H](CC(=O)N2CCC[C@H]2CO)O[C@]12C(=O)N(Cc1cccc(NC(=O)[C@H]3CCCN3)c1)c1ccccc12. The number of anilines is 2. The van der Waals surface area contributed by atoms with E-state index in [0.717, 1.165) is 37.8 Å². The van der Waals surface area contributed by atoms with E-state index in [0.29, 0.717) is 23.5 Å². The number of nitrogens with one attached hydrogen (secondary N) is 2. The van der Waals surface area contributed by atoms with Crippen LogP contribution < -0.4 is 15.5 Å². The van der Waals surface area contributed by atoms with Crippen molar-refractivity contribution in [3.63, 3.8) is 0 Å². The molecule has 1 spiro atoms. The molecule has 3 saturated heterocycles. The molecule has 236 valence electrons. The molecule has 2 aromatic rings. The van der Waals surface area contributed by atoms with Crippen LogP contribution in [0.15, 0.2) is 48.5 Å². The lowest BCUT2D eigenvalue weighted by Crippen LogP contribution is -2.45. The standard InChI is InChI=1S/C33H43FN4O5Si/c1-21-30(44(2,3)34)28(18-29(40)37-16-8-11-24(37)20-39)43-33(21)25-12-4-5-14-27(25)38(32(33)42)19-22-9-6-10-23(17-22)36-31(41)26-13-7-15-35-26/h4-6,9-10,12,14,17,21,24,26,28,30,35,39H,7-8,11,13,15-16,18-20H2,1-3H3,(H,36,41)/t21-,24-,26+,28+,30-,33+/m0/s1. The number of hydrogen-bond donors (Lipinski definition) is 3. The lowest BCUT2D eigenvalue weighted by molar-refractivity contribution is -0.150. The van der Waals surface area contributed by atoms with Gasteiger partial charge in [0.15, 0.2) is 5.60 Å². The summed E-state index contributed by atoms with van der Waals surface area (Å²) in [7, 11) is -3.42. The topological polar surface area (TPSA) is 111 Å². The summed E-state index contributed by atoms with van der Waals surface area (Å²) in [5.41, 5.74) is 0.902. The molecule has 0 radical (unpaired) electrons. The van der Waals surface area contributed by atoms with E-state index < -0.39 is 31.6 Å². The fourth-order valence-electron chi connectivity index (χ4n) is 8.07. The summed E-state index contributed by atoms with van der Waals surface area (Å²) in [6, 6.07) is 14.5. The molecular weight excluding hydrogens is 579 g/mol. The fourth-order valence-corrected chi connectivity index (χ4v) is 10.6. The molecule has 44 heavy (non-hydrogen) atoms. The summed E-state index contributed by atoms with van der Waals surface area (Å²) in [5.74, 6) is -0.995. The number of hydrogen-bond acceptors (Lipinski definition) is 6. The Morgan fingerprint density at radius 1 is 1.16 bits per heavy atom. The first-order chi connectivity index (χ1) is 21.0. The van der Waals surface area contributed by atoms with Crippen molar-refractivity contribution in [3.05, 3.63) is 59.7 Å². The quantitative estimate of drug-likeness (QED) is 0.303. The molecule has 0 saturated carbocycles. The van der Waals surface area contributed by atoms with Crippen LogP contribution in [0.3, 0.4) is 0 Å². The van der Waals surface area contributed by atoms with Crippen LogP contribution in [0.5, 0.6) is 0 Å². The maximum Gasteiger partial charge on any atom is 0.264 e. The number of aliphatic hydroxyl groups is 1. The highest BCUT2D eigenvalue weighted by atomic mass is 28.4. The van der Waals surface area contributed by atoms with Crippen LogP contribution in [0, 0.1) is 5.92 Å². The minimum absolute atomic E-state index is 0.0271. The van der Waals surface area contributed by atoms with Gasteiger partial charge in [-0.1, -0.05) is 37.3 Å². The summed E-state index contributed by atoms with van der Waals surface area (Å²) in [4.78, 5) is 44.2. The second-order valence-electron chi connectivity index (χ2n) is 13.3. The molecule has 11 heteroatoms. The number of rotatable bonds is 8. The molecule has 3 N–H and O–H groups in total. The summed E-state index contributed by atoms with van der Waals surface area (Å²) in [5, 5.41) is 16.0. The number of carbonyl (C=O) groups excluding carboxylic acids is 3. The Labute approximate surface area is 259 Å². The van der Waals surface area contributed by atoms with Gasteiger partial charge < -0.3 is 34.4 Å². The van der Waals surface area contributed by atoms with E-state index in [1.54, 1.807) is 22.9 Å². The fraction of sp³-hybridized carbons (Fsp3) is 0.545. The second-order valence-corrected chi connectivity index (χ2v) is 17.1. The largest absolute Gasteiger partial charge is 0.394 e. The molecule has 4 heterocycles. The molecule has 0 aromatic heterocycles. The first-order valence-corrected chi connectivity index (χ1v) is 18.8. The van der Waals surface area contributed by atoms with Crippen LogP contribution in [0.1, 0.15) is 50.2 Å². The molecule has 4 aliphatic heterocycles. The van der Waals surface area contributed by atoms with Gasteiger partial charge in [0, 0.05) is 29.3 Å². The highest BCUT2D eigenvalue weighted by molar-refractivity contribution is 6.72. The average molecular weight is 623 g/mol. The molecule has 6 atom stereocenters. The van der Waals surface area contributed by atoms with Gasteiger partial charge in [0.1, 0.15) is 0 Å². The smallest absolute Gasteiger partial charge is 0.264 e. The normalized spacial score (nSPS) is 29.9. The van der Waals surface area contributed by atoms with Gasteiger partial charge in [0.05, 0.1) is 43.4 Å². The Balaban J connectivity index is 1.28. The zero-order chi connectivity index (χ0) is 31.2. The van der Waals surface area contributed by atoms with E-state index in [1.807, 2.05) is 55.5 Å². The van der Waals surface area contributed by atoms with Crippen LogP contribution >= 0.6 is 0 Å². The Kier molecular flexibility index (Phi) is 8.42. The van der Waals surface area contributed by atoms with Crippen molar-refractivity contribution in [1.29, 1.82) is 0 Å². The highest BCUT2D eigenvalue weighted by Gasteiger charge is 2.67. The van der Waals surface area contributed by atoms with Gasteiger partial charge in [-0.25, -0.2) is 0 Å². The van der Waals surface area contributed by atoms with E-state index in [2.05, 4.69) is 10.6 Å². The number of halogens is 1. The number of likely N-dealkylation sites (tertiary alicyclic amines) is 1. The minimum atomic E-state index is -3.42. The molecule has 0 unspecified atom stereocenters. The van der Waals surface area contributed by atoms with Gasteiger partial charge in [0.2, 0.25) is 20.2 Å². The van der Waals surface area contributed by atoms with E-state index in [9.17, 15) is 19.5 Å². The molecule has 2 aromatic carbocycles. The van der Waals surface area contributed by atoms with E-state index in [4.69, 9.17) is 4.74 Å². The van der Waals surface area contributed by atoms with Crippen molar-refractivity contribution in [1.82, 2.24) is 10.2 Å². The third-order valence-electron chi connectivity index (χ3n) is 10.1. The third-order valence-corrected chi connectivity index (χ3v) is 12.5. The third kappa shape index (κ3) is 5.37. The number of ether oxygens (including phenoxy) is 1. The molecule has 6 rings (SSSR count). The molecular formula is C33H43FN4O5Si. The summed E-state index contributed by atoms with van der Waals surface area (Å²) in [6.45, 7) is 6.68. The van der Waals surface area contributed by atoms with Crippen molar-refractivity contribution in [2.75, 3.05) is 29.9 Å². The lowest BCUT2D eigenvalue weighted by atomic mass is 9.82. The van der Waals surface area contributed by atoms with Crippen LogP contribution in [-0.4, -0.2) is 74.0 Å².